The number of nitrogens with one attached hydrogen (secondary N) is 2. The van der Waals surface area contributed by atoms with E-state index in [2.05, 4.69) is 31.8 Å². The Bertz CT molecular complexity index is 1220. The lowest BCUT2D eigenvalue weighted by Crippen LogP contribution is -2.32. The summed E-state index contributed by atoms with van der Waals surface area (Å²) in [6, 6.07) is 17.5. The molecule has 0 aliphatic heterocycles. The van der Waals surface area contributed by atoms with Crippen LogP contribution in [0, 0.1) is 0 Å². The SMILES string of the molecule is CCOc1ccc(NC(=O)C(=O)N/N=C/c2cc(Br)c(OCc3cccc(Cl)c3)c(OC)c2)cc1. The van der Waals surface area contributed by atoms with Crippen molar-refractivity contribution in [1.29, 1.82) is 0 Å². The Kier molecular flexibility index (Phi) is 9.51. The molecule has 3 rings (SSSR count). The monoisotopic (exact) mass is 559 g/mol. The number of hydrazone groups is 1. The number of methoxy groups -OCH3 is 1. The molecule has 0 bridgehead atoms. The van der Waals surface area contributed by atoms with Crippen molar-refractivity contribution in [2.75, 3.05) is 19.0 Å². The first-order valence-corrected chi connectivity index (χ1v) is 11.7. The van der Waals surface area contributed by atoms with E-state index in [0.717, 1.165) is 5.56 Å². The molecule has 0 aliphatic rings. The molecule has 0 fully saturated rings. The van der Waals surface area contributed by atoms with Crippen molar-refractivity contribution < 1.29 is 23.8 Å². The molecule has 8 nitrogen and oxygen atoms in total. The third-order valence-electron chi connectivity index (χ3n) is 4.53. The standard InChI is InChI=1S/C25H23BrClN3O5/c1-3-34-20-9-7-19(8-10-20)29-24(31)25(32)30-28-14-17-12-21(26)23(22(13-17)33-2)35-15-16-5-4-6-18(27)11-16/h4-14H,3,15H2,1-2H3,(H,29,31)(H,30,32)/b28-14+. The molecule has 35 heavy (non-hydrogen) atoms. The van der Waals surface area contributed by atoms with Gasteiger partial charge < -0.3 is 19.5 Å². The predicted molar refractivity (Wildman–Crippen MR) is 138 cm³/mol. The number of ether oxygens (including phenoxy) is 3. The first-order chi connectivity index (χ1) is 16.9. The number of carbonyl (C=O) groups excluding carboxylic acids is 2. The van der Waals surface area contributed by atoms with Crippen molar-refractivity contribution in [3.8, 4) is 17.2 Å². The van der Waals surface area contributed by atoms with Gasteiger partial charge in [-0.2, -0.15) is 5.10 Å². The van der Waals surface area contributed by atoms with Crippen LogP contribution in [0.5, 0.6) is 17.2 Å². The normalized spacial score (nSPS) is 10.6. The van der Waals surface area contributed by atoms with Crippen LogP contribution in [0.2, 0.25) is 5.02 Å². The lowest BCUT2D eigenvalue weighted by Gasteiger charge is -2.13. The fourth-order valence-corrected chi connectivity index (χ4v) is 3.73. The van der Waals surface area contributed by atoms with Gasteiger partial charge in [0.25, 0.3) is 0 Å². The van der Waals surface area contributed by atoms with Crippen LogP contribution in [-0.2, 0) is 16.2 Å². The van der Waals surface area contributed by atoms with E-state index < -0.39 is 11.8 Å². The molecule has 3 aromatic rings. The average Bonchev–Trinajstić information content (AvgIpc) is 2.84. The zero-order chi connectivity index (χ0) is 25.2. The fourth-order valence-electron chi connectivity index (χ4n) is 2.94. The minimum absolute atomic E-state index is 0.294. The van der Waals surface area contributed by atoms with Gasteiger partial charge in [-0.25, -0.2) is 5.43 Å². The van der Waals surface area contributed by atoms with Crippen molar-refractivity contribution in [2.45, 2.75) is 13.5 Å². The van der Waals surface area contributed by atoms with Crippen LogP contribution in [0.25, 0.3) is 0 Å². The Labute approximate surface area is 216 Å². The summed E-state index contributed by atoms with van der Waals surface area (Å²) >= 11 is 9.49. The van der Waals surface area contributed by atoms with Gasteiger partial charge in [-0.05, 0) is 82.5 Å². The van der Waals surface area contributed by atoms with E-state index >= 15 is 0 Å². The van der Waals surface area contributed by atoms with Gasteiger partial charge in [0.2, 0.25) is 0 Å². The summed E-state index contributed by atoms with van der Waals surface area (Å²) in [5, 5.41) is 6.97. The summed E-state index contributed by atoms with van der Waals surface area (Å²) in [6.07, 6.45) is 1.39. The topological polar surface area (TPSA) is 98.2 Å². The van der Waals surface area contributed by atoms with Crippen LogP contribution in [-0.4, -0.2) is 31.7 Å². The van der Waals surface area contributed by atoms with Crippen molar-refractivity contribution >= 4 is 51.2 Å². The molecule has 0 unspecified atom stereocenters. The molecule has 0 saturated heterocycles. The summed E-state index contributed by atoms with van der Waals surface area (Å²) in [5.74, 6) is -0.134. The molecule has 0 atom stereocenters. The average molecular weight is 561 g/mol. The van der Waals surface area contributed by atoms with Gasteiger partial charge in [-0.3, -0.25) is 9.59 Å². The van der Waals surface area contributed by atoms with Crippen LogP contribution < -0.4 is 25.0 Å². The molecule has 3 aromatic carbocycles. The number of hydrogen-bond acceptors (Lipinski definition) is 6. The van der Waals surface area contributed by atoms with E-state index in [1.54, 1.807) is 42.5 Å². The summed E-state index contributed by atoms with van der Waals surface area (Å²) in [6.45, 7) is 2.70. The molecule has 0 radical (unpaired) electrons. The second-order valence-electron chi connectivity index (χ2n) is 7.06. The second-order valence-corrected chi connectivity index (χ2v) is 8.35. The third-order valence-corrected chi connectivity index (χ3v) is 5.36. The van der Waals surface area contributed by atoms with Crippen molar-refractivity contribution in [3.05, 3.63) is 81.3 Å². The molecule has 0 saturated carbocycles. The number of anilines is 1. The molecule has 0 heterocycles. The van der Waals surface area contributed by atoms with Gasteiger partial charge >= 0.3 is 11.8 Å². The Balaban J connectivity index is 1.59. The molecule has 10 heteroatoms. The maximum Gasteiger partial charge on any atom is 0.329 e. The smallest absolute Gasteiger partial charge is 0.329 e. The molecule has 2 N–H and O–H groups in total. The number of nitrogens with zero attached hydrogens (tertiary/aromatic N) is 1. The van der Waals surface area contributed by atoms with Crippen LogP contribution >= 0.6 is 27.5 Å². The Hall–Kier alpha value is -3.56. The highest BCUT2D eigenvalue weighted by atomic mass is 79.9. The number of benzene rings is 3. The predicted octanol–water partition coefficient (Wildman–Crippen LogP) is 5.18. The lowest BCUT2D eigenvalue weighted by atomic mass is 10.2. The highest BCUT2D eigenvalue weighted by Gasteiger charge is 2.14. The highest BCUT2D eigenvalue weighted by molar-refractivity contribution is 9.10. The highest BCUT2D eigenvalue weighted by Crippen LogP contribution is 2.37. The van der Waals surface area contributed by atoms with Crippen LogP contribution in [0.3, 0.4) is 0 Å². The first-order valence-electron chi connectivity index (χ1n) is 10.5. The van der Waals surface area contributed by atoms with Crippen LogP contribution in [0.4, 0.5) is 5.69 Å². The zero-order valence-corrected chi connectivity index (χ0v) is 21.4. The minimum Gasteiger partial charge on any atom is -0.494 e. The molecule has 182 valence electrons. The number of halogens is 2. The summed E-state index contributed by atoms with van der Waals surface area (Å²) < 4.78 is 17.3. The minimum atomic E-state index is -0.914. The number of rotatable bonds is 9. The maximum absolute atomic E-state index is 12.1. The van der Waals surface area contributed by atoms with Gasteiger partial charge in [-0.1, -0.05) is 23.7 Å². The van der Waals surface area contributed by atoms with Gasteiger partial charge in [0.15, 0.2) is 11.5 Å². The van der Waals surface area contributed by atoms with Crippen molar-refractivity contribution in [2.24, 2.45) is 5.10 Å². The van der Waals surface area contributed by atoms with E-state index in [0.29, 0.717) is 51.2 Å². The number of hydrogen-bond donors (Lipinski definition) is 2. The Morgan fingerprint density at radius 2 is 1.83 bits per heavy atom. The molecular formula is C25H23BrClN3O5. The molecule has 2 amide bonds. The molecule has 0 aliphatic carbocycles. The second kappa shape index (κ2) is 12.8. The van der Waals surface area contributed by atoms with Crippen LogP contribution in [0.15, 0.2) is 70.2 Å². The first kappa shape index (κ1) is 26.1. The van der Waals surface area contributed by atoms with Crippen molar-refractivity contribution in [1.82, 2.24) is 5.43 Å². The summed E-state index contributed by atoms with van der Waals surface area (Å²) in [7, 11) is 1.52. The number of amides is 2. The van der Waals surface area contributed by atoms with E-state index in [1.165, 1.54) is 13.3 Å². The lowest BCUT2D eigenvalue weighted by molar-refractivity contribution is -0.136. The van der Waals surface area contributed by atoms with E-state index in [4.69, 9.17) is 25.8 Å². The Morgan fingerprint density at radius 3 is 2.51 bits per heavy atom. The zero-order valence-electron chi connectivity index (χ0n) is 19.0. The largest absolute Gasteiger partial charge is 0.494 e. The Morgan fingerprint density at radius 1 is 1.06 bits per heavy atom. The van der Waals surface area contributed by atoms with Gasteiger partial charge in [0.1, 0.15) is 12.4 Å². The van der Waals surface area contributed by atoms with Crippen LogP contribution in [0.1, 0.15) is 18.1 Å². The molecule has 0 spiro atoms. The van der Waals surface area contributed by atoms with Gasteiger partial charge in [-0.15, -0.1) is 0 Å². The summed E-state index contributed by atoms with van der Waals surface area (Å²) in [4.78, 5) is 24.2. The van der Waals surface area contributed by atoms with E-state index in [-0.39, 0.29) is 0 Å². The number of carbonyl (C=O) groups is 2. The molecular weight excluding hydrogens is 538 g/mol. The fraction of sp³-hybridized carbons (Fsp3) is 0.160. The quantitative estimate of drug-likeness (QED) is 0.214. The van der Waals surface area contributed by atoms with E-state index in [1.807, 2.05) is 25.1 Å². The maximum atomic E-state index is 12.1. The third kappa shape index (κ3) is 7.73. The van der Waals surface area contributed by atoms with E-state index in [9.17, 15) is 9.59 Å². The van der Waals surface area contributed by atoms with Crippen molar-refractivity contribution in [3.63, 3.8) is 0 Å². The summed E-state index contributed by atoms with van der Waals surface area (Å²) in [5.41, 5.74) is 4.17. The van der Waals surface area contributed by atoms with Gasteiger partial charge in [0, 0.05) is 10.7 Å². The van der Waals surface area contributed by atoms with Gasteiger partial charge in [0.05, 0.1) is 24.4 Å². The molecule has 0 aromatic heterocycles.